The third kappa shape index (κ3) is 38.2. The number of esters is 1. The summed E-state index contributed by atoms with van der Waals surface area (Å²) in [5, 5.41) is 0. The van der Waals surface area contributed by atoms with Crippen LogP contribution in [-0.2, 0) is 27.9 Å². The molecule has 0 aromatic heterocycles. The van der Waals surface area contributed by atoms with Crippen molar-refractivity contribution < 1.29 is 32.8 Å². The summed E-state index contributed by atoms with van der Waals surface area (Å²) < 4.78 is 33.3. The number of nitrogens with two attached hydrogens (primary N) is 1. The Balaban J connectivity index is 4.10. The quantitative estimate of drug-likeness (QED) is 0.0277. The molecule has 8 nitrogen and oxygen atoms in total. The molecule has 0 amide bonds. The van der Waals surface area contributed by atoms with E-state index in [-0.39, 0.29) is 32.8 Å². The highest BCUT2D eigenvalue weighted by Gasteiger charge is 2.25. The maximum atomic E-state index is 12.5. The average molecular weight is 730 g/mol. The van der Waals surface area contributed by atoms with Gasteiger partial charge in [-0.2, -0.15) is 0 Å². The first-order chi connectivity index (χ1) is 24.4. The van der Waals surface area contributed by atoms with Gasteiger partial charge in [0.25, 0.3) is 0 Å². The lowest BCUT2D eigenvalue weighted by Gasteiger charge is -2.20. The fourth-order valence-electron chi connectivity index (χ4n) is 5.81. The summed E-state index contributed by atoms with van der Waals surface area (Å²) in [5.74, 6) is -0.393. The van der Waals surface area contributed by atoms with Crippen molar-refractivity contribution in [3.8, 4) is 0 Å². The number of phosphoric acid groups is 1. The van der Waals surface area contributed by atoms with Crippen LogP contribution in [0, 0.1) is 0 Å². The van der Waals surface area contributed by atoms with Crippen LogP contribution >= 0.6 is 7.82 Å². The van der Waals surface area contributed by atoms with E-state index < -0.39 is 19.9 Å². The molecule has 3 N–H and O–H groups in total. The number of hydrogen-bond donors (Lipinski definition) is 2. The largest absolute Gasteiger partial charge is 0.472 e. The first-order valence-electron chi connectivity index (χ1n) is 20.8. The Hall–Kier alpha value is -1.02. The monoisotopic (exact) mass is 730 g/mol. The molecule has 0 aliphatic rings. The van der Waals surface area contributed by atoms with E-state index in [1.54, 1.807) is 0 Å². The third-order valence-corrected chi connectivity index (χ3v) is 9.87. The number of hydrogen-bond acceptors (Lipinski definition) is 7. The zero-order chi connectivity index (χ0) is 36.6. The van der Waals surface area contributed by atoms with Crippen LogP contribution in [0.3, 0.4) is 0 Å². The molecule has 0 aromatic rings. The number of ether oxygens (including phenoxy) is 2. The van der Waals surface area contributed by atoms with E-state index in [0.717, 1.165) is 25.7 Å². The van der Waals surface area contributed by atoms with Gasteiger partial charge >= 0.3 is 13.8 Å². The van der Waals surface area contributed by atoms with Crippen molar-refractivity contribution in [2.24, 2.45) is 5.73 Å². The molecule has 0 rings (SSSR count). The second kappa shape index (κ2) is 39.2. The normalized spacial score (nSPS) is 13.8. The first-order valence-corrected chi connectivity index (χ1v) is 22.3. The van der Waals surface area contributed by atoms with Gasteiger partial charge in [-0.25, -0.2) is 4.57 Å². The van der Waals surface area contributed by atoms with E-state index in [0.29, 0.717) is 13.0 Å². The van der Waals surface area contributed by atoms with Crippen molar-refractivity contribution in [2.75, 3.05) is 33.0 Å². The van der Waals surface area contributed by atoms with Gasteiger partial charge in [0.1, 0.15) is 6.10 Å². The van der Waals surface area contributed by atoms with Crippen LogP contribution in [0.1, 0.15) is 194 Å². The molecule has 50 heavy (non-hydrogen) atoms. The summed E-state index contributed by atoms with van der Waals surface area (Å²) in [6.07, 6.45) is 42.1. The van der Waals surface area contributed by atoms with Gasteiger partial charge in [0.15, 0.2) is 0 Å². The average Bonchev–Trinajstić information content (AvgIpc) is 3.10. The maximum absolute atomic E-state index is 12.5. The van der Waals surface area contributed by atoms with E-state index in [2.05, 4.69) is 32.1 Å². The number of rotatable bonds is 40. The molecule has 0 radical (unpaired) electrons. The minimum Gasteiger partial charge on any atom is -0.457 e. The Morgan fingerprint density at radius 3 is 1.56 bits per heavy atom. The molecular weight excluding hydrogens is 649 g/mol. The minimum absolute atomic E-state index is 0.0946. The smallest absolute Gasteiger partial charge is 0.457 e. The van der Waals surface area contributed by atoms with Crippen molar-refractivity contribution in [3.05, 3.63) is 24.3 Å². The van der Waals surface area contributed by atoms with Crippen molar-refractivity contribution >= 4 is 13.8 Å². The molecule has 0 bridgehead atoms. The Bertz CT molecular complexity index is 823. The number of carbonyl (C=O) groups excluding carboxylic acids is 1. The summed E-state index contributed by atoms with van der Waals surface area (Å²) >= 11 is 0. The van der Waals surface area contributed by atoms with Crippen LogP contribution in [0.2, 0.25) is 0 Å². The highest BCUT2D eigenvalue weighted by molar-refractivity contribution is 7.47. The standard InChI is InChI=1S/C41H80NO7P/c1-3-5-7-9-11-13-15-17-19-21-23-25-27-29-31-33-36-46-38-40(39-48-50(44,45)47-37-35-42)49-41(43)34-32-30-28-26-24-22-20-18-16-14-12-10-8-6-4-2/h22,24,28,30,40H,3-21,23,25-27,29,31-39,42H2,1-2H3,(H,44,45)/b24-22-,30-28-. The predicted octanol–water partition coefficient (Wildman–Crippen LogP) is 12.1. The minimum atomic E-state index is -4.28. The highest BCUT2D eigenvalue weighted by atomic mass is 31.2. The summed E-state index contributed by atoms with van der Waals surface area (Å²) in [7, 11) is -4.28. The van der Waals surface area contributed by atoms with Gasteiger partial charge in [-0.15, -0.1) is 0 Å². The van der Waals surface area contributed by atoms with Crippen LogP contribution in [0.15, 0.2) is 24.3 Å². The molecule has 0 heterocycles. The zero-order valence-electron chi connectivity index (χ0n) is 32.6. The summed E-state index contributed by atoms with van der Waals surface area (Å²) in [6.45, 7) is 4.87. The number of unbranched alkanes of at least 4 members (excludes halogenated alkanes) is 23. The van der Waals surface area contributed by atoms with E-state index >= 15 is 0 Å². The molecular formula is C41H80NO7P. The molecule has 0 aromatic carbocycles. The Morgan fingerprint density at radius 2 is 1.06 bits per heavy atom. The number of carbonyl (C=O) groups is 1. The van der Waals surface area contributed by atoms with Gasteiger partial charge in [-0.3, -0.25) is 13.8 Å². The molecule has 0 fully saturated rings. The van der Waals surface area contributed by atoms with Gasteiger partial charge in [-0.1, -0.05) is 179 Å². The van der Waals surface area contributed by atoms with Crippen LogP contribution in [0.4, 0.5) is 0 Å². The van der Waals surface area contributed by atoms with Crippen molar-refractivity contribution in [1.82, 2.24) is 0 Å². The van der Waals surface area contributed by atoms with Crippen LogP contribution < -0.4 is 5.73 Å². The summed E-state index contributed by atoms with van der Waals surface area (Å²) in [6, 6.07) is 0. The second-order valence-corrected chi connectivity index (χ2v) is 15.3. The van der Waals surface area contributed by atoms with Crippen LogP contribution in [-0.4, -0.2) is 49.9 Å². The molecule has 9 heteroatoms. The van der Waals surface area contributed by atoms with Crippen LogP contribution in [0.25, 0.3) is 0 Å². The van der Waals surface area contributed by atoms with E-state index in [9.17, 15) is 14.3 Å². The Labute approximate surface area is 308 Å². The molecule has 296 valence electrons. The molecule has 0 saturated heterocycles. The fourth-order valence-corrected chi connectivity index (χ4v) is 6.58. The molecule has 2 atom stereocenters. The van der Waals surface area contributed by atoms with Gasteiger partial charge < -0.3 is 20.1 Å². The van der Waals surface area contributed by atoms with Gasteiger partial charge in [-0.05, 0) is 32.1 Å². The lowest BCUT2D eigenvalue weighted by molar-refractivity contribution is -0.154. The summed E-state index contributed by atoms with van der Waals surface area (Å²) in [4.78, 5) is 22.4. The highest BCUT2D eigenvalue weighted by Crippen LogP contribution is 2.43. The number of allylic oxidation sites excluding steroid dienone is 4. The lowest BCUT2D eigenvalue weighted by atomic mass is 10.0. The molecule has 0 aliphatic carbocycles. The Morgan fingerprint density at radius 1 is 0.600 bits per heavy atom. The number of phosphoric ester groups is 1. The Kier molecular flexibility index (Phi) is 38.4. The summed E-state index contributed by atoms with van der Waals surface area (Å²) in [5.41, 5.74) is 5.36. The fraction of sp³-hybridized carbons (Fsp3) is 0.878. The second-order valence-electron chi connectivity index (χ2n) is 13.9. The van der Waals surface area contributed by atoms with E-state index in [1.165, 1.54) is 141 Å². The van der Waals surface area contributed by atoms with Crippen molar-refractivity contribution in [3.63, 3.8) is 0 Å². The van der Waals surface area contributed by atoms with E-state index in [1.807, 2.05) is 6.08 Å². The van der Waals surface area contributed by atoms with Crippen LogP contribution in [0.5, 0.6) is 0 Å². The van der Waals surface area contributed by atoms with Crippen molar-refractivity contribution in [2.45, 2.75) is 200 Å². The molecule has 0 saturated carbocycles. The zero-order valence-corrected chi connectivity index (χ0v) is 33.5. The van der Waals surface area contributed by atoms with Gasteiger partial charge in [0.2, 0.25) is 0 Å². The SMILES string of the molecule is CCCCCCCCCC/C=C\C/C=C\CCC(=O)OC(COCCCCCCCCCCCCCCCCCC)COP(=O)(O)OCCN. The maximum Gasteiger partial charge on any atom is 0.472 e. The van der Waals surface area contributed by atoms with Gasteiger partial charge in [0, 0.05) is 19.6 Å². The molecule has 0 aliphatic heterocycles. The lowest BCUT2D eigenvalue weighted by Crippen LogP contribution is -2.28. The third-order valence-electron chi connectivity index (χ3n) is 8.88. The molecule has 0 spiro atoms. The predicted molar refractivity (Wildman–Crippen MR) is 210 cm³/mol. The van der Waals surface area contributed by atoms with Crippen molar-refractivity contribution in [1.29, 1.82) is 0 Å². The van der Waals surface area contributed by atoms with E-state index in [4.69, 9.17) is 24.3 Å². The topological polar surface area (TPSA) is 117 Å². The first kappa shape index (κ1) is 49.0. The van der Waals surface area contributed by atoms with Gasteiger partial charge in [0.05, 0.1) is 19.8 Å². The molecule has 2 unspecified atom stereocenters.